The van der Waals surface area contributed by atoms with E-state index < -0.39 is 0 Å². The minimum atomic E-state index is 0.00181. The topological polar surface area (TPSA) is 66.3 Å². The molecule has 1 amide bonds. The van der Waals surface area contributed by atoms with E-state index in [9.17, 15) is 4.79 Å². The third-order valence-corrected chi connectivity index (χ3v) is 6.32. The Kier molecular flexibility index (Phi) is 7.73. The van der Waals surface area contributed by atoms with Crippen molar-refractivity contribution in [3.8, 4) is 0 Å². The lowest BCUT2D eigenvalue weighted by atomic mass is 10.1. The summed E-state index contributed by atoms with van der Waals surface area (Å²) in [6.45, 7) is 10.5. The molecule has 0 unspecified atom stereocenters. The molecule has 1 N–H and O–H groups in total. The van der Waals surface area contributed by atoms with Gasteiger partial charge < -0.3 is 14.8 Å². The van der Waals surface area contributed by atoms with Crippen LogP contribution in [0.3, 0.4) is 0 Å². The molecule has 0 radical (unpaired) electrons. The minimum absolute atomic E-state index is 0.00181. The second-order valence-electron chi connectivity index (χ2n) is 8.49. The molecular formula is C26H34N6O. The molecular weight excluding hydrogens is 412 g/mol. The van der Waals surface area contributed by atoms with Crippen LogP contribution in [0.15, 0.2) is 54.6 Å². The Morgan fingerprint density at radius 2 is 1.70 bits per heavy atom. The van der Waals surface area contributed by atoms with Crippen LogP contribution in [-0.4, -0.2) is 51.8 Å². The summed E-state index contributed by atoms with van der Waals surface area (Å²) in [5.74, 6) is 1.83. The first kappa shape index (κ1) is 23.0. The second kappa shape index (κ2) is 11.1. The van der Waals surface area contributed by atoms with Gasteiger partial charge in [-0.05, 0) is 37.1 Å². The zero-order valence-corrected chi connectivity index (χ0v) is 19.7. The molecule has 0 aliphatic carbocycles. The summed E-state index contributed by atoms with van der Waals surface area (Å²) < 4.78 is 2.17. The van der Waals surface area contributed by atoms with Crippen molar-refractivity contribution in [3.63, 3.8) is 0 Å². The summed E-state index contributed by atoms with van der Waals surface area (Å²) in [4.78, 5) is 17.2. The van der Waals surface area contributed by atoms with Gasteiger partial charge in [0.15, 0.2) is 5.82 Å². The Morgan fingerprint density at radius 3 is 2.42 bits per heavy atom. The number of anilines is 1. The van der Waals surface area contributed by atoms with Gasteiger partial charge in [-0.25, -0.2) is 0 Å². The largest absolute Gasteiger partial charge is 0.372 e. The van der Waals surface area contributed by atoms with E-state index in [1.807, 2.05) is 30.3 Å². The minimum Gasteiger partial charge on any atom is -0.372 e. The Labute approximate surface area is 196 Å². The van der Waals surface area contributed by atoms with E-state index >= 15 is 0 Å². The van der Waals surface area contributed by atoms with Crippen LogP contribution in [-0.2, 0) is 37.3 Å². The molecule has 0 atom stereocenters. The van der Waals surface area contributed by atoms with Crippen molar-refractivity contribution in [2.75, 3.05) is 31.1 Å². The SMILES string of the molecule is CCN(CC)c1ccc(CN2CCc3nnc(CNC(=O)Cc4ccccc4)n3CC2)cc1. The van der Waals surface area contributed by atoms with Crippen molar-refractivity contribution in [2.45, 2.75) is 46.3 Å². The Hall–Kier alpha value is -3.19. The van der Waals surface area contributed by atoms with Crippen LogP contribution in [0.4, 0.5) is 5.69 Å². The number of nitrogens with one attached hydrogen (secondary N) is 1. The van der Waals surface area contributed by atoms with Crippen LogP contribution in [0.1, 0.15) is 36.6 Å². The summed E-state index contributed by atoms with van der Waals surface area (Å²) in [5, 5.41) is 11.7. The number of carbonyl (C=O) groups is 1. The normalized spacial score (nSPS) is 13.9. The van der Waals surface area contributed by atoms with Crippen LogP contribution in [0.5, 0.6) is 0 Å². The van der Waals surface area contributed by atoms with Crippen molar-refractivity contribution < 1.29 is 4.79 Å². The van der Waals surface area contributed by atoms with Crippen molar-refractivity contribution in [3.05, 3.63) is 77.4 Å². The van der Waals surface area contributed by atoms with Crippen LogP contribution in [0, 0.1) is 0 Å². The highest BCUT2D eigenvalue weighted by Crippen LogP contribution is 2.17. The van der Waals surface area contributed by atoms with Crippen LogP contribution >= 0.6 is 0 Å². The molecule has 33 heavy (non-hydrogen) atoms. The summed E-state index contributed by atoms with van der Waals surface area (Å²) in [6.07, 6.45) is 1.24. The number of nitrogens with zero attached hydrogens (tertiary/aromatic N) is 5. The molecule has 1 aliphatic rings. The summed E-state index contributed by atoms with van der Waals surface area (Å²) in [5.41, 5.74) is 3.62. The maximum Gasteiger partial charge on any atom is 0.224 e. The van der Waals surface area contributed by atoms with Crippen molar-refractivity contribution >= 4 is 11.6 Å². The van der Waals surface area contributed by atoms with E-state index in [1.54, 1.807) is 0 Å². The third-order valence-electron chi connectivity index (χ3n) is 6.32. The molecule has 1 aromatic heterocycles. The number of amides is 1. The van der Waals surface area contributed by atoms with Crippen molar-refractivity contribution in [1.29, 1.82) is 0 Å². The van der Waals surface area contributed by atoms with Crippen LogP contribution in [0.25, 0.3) is 0 Å². The molecule has 0 saturated heterocycles. The fourth-order valence-corrected chi connectivity index (χ4v) is 4.40. The van der Waals surface area contributed by atoms with Gasteiger partial charge in [-0.3, -0.25) is 9.69 Å². The van der Waals surface area contributed by atoms with Crippen molar-refractivity contribution in [1.82, 2.24) is 25.0 Å². The van der Waals surface area contributed by atoms with Gasteiger partial charge in [0, 0.05) is 51.4 Å². The average molecular weight is 447 g/mol. The predicted molar refractivity (Wildman–Crippen MR) is 131 cm³/mol. The number of benzene rings is 2. The van der Waals surface area contributed by atoms with Gasteiger partial charge in [0.1, 0.15) is 5.82 Å². The molecule has 0 fully saturated rings. The molecule has 7 heteroatoms. The van der Waals surface area contributed by atoms with E-state index in [0.717, 1.165) is 62.9 Å². The molecule has 174 valence electrons. The molecule has 2 heterocycles. The van der Waals surface area contributed by atoms with E-state index in [-0.39, 0.29) is 5.91 Å². The lowest BCUT2D eigenvalue weighted by Gasteiger charge is -2.23. The zero-order valence-electron chi connectivity index (χ0n) is 19.7. The smallest absolute Gasteiger partial charge is 0.224 e. The number of aromatic nitrogens is 3. The first-order chi connectivity index (χ1) is 16.2. The molecule has 0 saturated carbocycles. The van der Waals surface area contributed by atoms with Crippen LogP contribution < -0.4 is 10.2 Å². The fourth-order valence-electron chi connectivity index (χ4n) is 4.40. The number of rotatable bonds is 9. The van der Waals surface area contributed by atoms with Gasteiger partial charge >= 0.3 is 0 Å². The number of carbonyl (C=O) groups excluding carboxylic acids is 1. The molecule has 0 spiro atoms. The summed E-state index contributed by atoms with van der Waals surface area (Å²) in [6, 6.07) is 18.7. The number of hydrogen-bond acceptors (Lipinski definition) is 5. The standard InChI is InChI=1S/C26H34N6O/c1-3-31(4-2)23-12-10-22(11-13-23)20-30-15-14-24-28-29-25(32(24)17-16-30)19-27-26(33)18-21-8-6-5-7-9-21/h5-13H,3-4,14-20H2,1-2H3,(H,27,33). The van der Waals surface area contributed by atoms with Crippen molar-refractivity contribution in [2.24, 2.45) is 0 Å². The molecule has 3 aromatic rings. The maximum atomic E-state index is 12.3. The quantitative estimate of drug-likeness (QED) is 0.547. The summed E-state index contributed by atoms with van der Waals surface area (Å²) in [7, 11) is 0. The second-order valence-corrected chi connectivity index (χ2v) is 8.49. The lowest BCUT2D eigenvalue weighted by molar-refractivity contribution is -0.120. The monoisotopic (exact) mass is 446 g/mol. The third kappa shape index (κ3) is 5.99. The molecule has 0 bridgehead atoms. The van der Waals surface area contributed by atoms with Crippen LogP contribution in [0.2, 0.25) is 0 Å². The van der Waals surface area contributed by atoms with E-state index in [1.165, 1.54) is 11.3 Å². The van der Waals surface area contributed by atoms with Gasteiger partial charge in [-0.15, -0.1) is 10.2 Å². The highest BCUT2D eigenvalue weighted by Gasteiger charge is 2.19. The van der Waals surface area contributed by atoms with Gasteiger partial charge in [-0.1, -0.05) is 42.5 Å². The Morgan fingerprint density at radius 1 is 0.939 bits per heavy atom. The Bertz CT molecular complexity index is 1030. The first-order valence-corrected chi connectivity index (χ1v) is 11.9. The molecule has 7 nitrogen and oxygen atoms in total. The maximum absolute atomic E-state index is 12.3. The predicted octanol–water partition coefficient (Wildman–Crippen LogP) is 3.04. The van der Waals surface area contributed by atoms with Gasteiger partial charge in [0.05, 0.1) is 13.0 Å². The fraction of sp³-hybridized carbons (Fsp3) is 0.423. The highest BCUT2D eigenvalue weighted by molar-refractivity contribution is 5.78. The molecule has 2 aromatic carbocycles. The zero-order chi connectivity index (χ0) is 23.0. The Balaban J connectivity index is 1.30. The van der Waals surface area contributed by atoms with E-state index in [0.29, 0.717) is 13.0 Å². The lowest BCUT2D eigenvalue weighted by Crippen LogP contribution is -2.28. The number of hydrogen-bond donors (Lipinski definition) is 1. The van der Waals surface area contributed by atoms with E-state index in [4.69, 9.17) is 0 Å². The van der Waals surface area contributed by atoms with Gasteiger partial charge in [0.2, 0.25) is 5.91 Å². The average Bonchev–Trinajstić information content (AvgIpc) is 3.12. The summed E-state index contributed by atoms with van der Waals surface area (Å²) >= 11 is 0. The van der Waals surface area contributed by atoms with E-state index in [2.05, 4.69) is 68.0 Å². The molecule has 1 aliphatic heterocycles. The first-order valence-electron chi connectivity index (χ1n) is 11.9. The molecule has 4 rings (SSSR count). The van der Waals surface area contributed by atoms with Gasteiger partial charge in [-0.2, -0.15) is 0 Å². The highest BCUT2D eigenvalue weighted by atomic mass is 16.1. The number of fused-ring (bicyclic) bond motifs is 1. The van der Waals surface area contributed by atoms with Gasteiger partial charge in [0.25, 0.3) is 0 Å².